The molecule has 1 amide bonds. The van der Waals surface area contributed by atoms with Crippen molar-refractivity contribution in [2.24, 2.45) is 0 Å². The molecule has 92 valence electrons. The normalized spacial score (nSPS) is 13.8. The van der Waals surface area contributed by atoms with E-state index < -0.39 is 24.0 Å². The van der Waals surface area contributed by atoms with Crippen LogP contribution in [-0.2, 0) is 9.59 Å². The van der Waals surface area contributed by atoms with Gasteiger partial charge in [-0.1, -0.05) is 37.3 Å². The monoisotopic (exact) mass is 237 g/mol. The SMILES string of the molecule is CCC(=O)NC(C(=O)O)C(O)c1ccccc1. The second-order valence-corrected chi connectivity index (χ2v) is 3.59. The molecule has 0 bridgehead atoms. The third-order valence-corrected chi connectivity index (χ3v) is 2.36. The highest BCUT2D eigenvalue weighted by atomic mass is 16.4. The fraction of sp³-hybridized carbons (Fsp3) is 0.333. The summed E-state index contributed by atoms with van der Waals surface area (Å²) in [6.07, 6.45) is -1.09. The van der Waals surface area contributed by atoms with Gasteiger partial charge in [0.1, 0.15) is 6.10 Å². The van der Waals surface area contributed by atoms with Crippen molar-refractivity contribution in [3.05, 3.63) is 35.9 Å². The number of amides is 1. The minimum absolute atomic E-state index is 0.172. The van der Waals surface area contributed by atoms with Gasteiger partial charge in [0.05, 0.1) is 0 Å². The van der Waals surface area contributed by atoms with Crippen molar-refractivity contribution in [2.75, 3.05) is 0 Å². The molecule has 0 heterocycles. The summed E-state index contributed by atoms with van der Waals surface area (Å²) in [5.74, 6) is -1.67. The molecule has 5 nitrogen and oxygen atoms in total. The third-order valence-electron chi connectivity index (χ3n) is 2.36. The summed E-state index contributed by atoms with van der Waals surface area (Å²) in [4.78, 5) is 22.2. The number of aliphatic hydroxyl groups is 1. The summed E-state index contributed by atoms with van der Waals surface area (Å²) < 4.78 is 0. The maximum Gasteiger partial charge on any atom is 0.329 e. The first-order valence-corrected chi connectivity index (χ1v) is 5.31. The predicted octanol–water partition coefficient (Wildman–Crippen LogP) is 0.699. The molecule has 2 unspecified atom stereocenters. The van der Waals surface area contributed by atoms with Crippen molar-refractivity contribution in [1.29, 1.82) is 0 Å². The zero-order chi connectivity index (χ0) is 12.8. The molecule has 0 aliphatic rings. The Bertz CT molecular complexity index is 391. The molecule has 5 heteroatoms. The molecule has 0 radical (unpaired) electrons. The lowest BCUT2D eigenvalue weighted by Crippen LogP contribution is -2.44. The molecule has 0 aliphatic heterocycles. The summed E-state index contributed by atoms with van der Waals surface area (Å²) >= 11 is 0. The van der Waals surface area contributed by atoms with E-state index in [9.17, 15) is 14.7 Å². The molecule has 0 saturated heterocycles. The highest BCUT2D eigenvalue weighted by Crippen LogP contribution is 2.16. The van der Waals surface area contributed by atoms with Crippen LogP contribution in [0.4, 0.5) is 0 Å². The average molecular weight is 237 g/mol. The molecular formula is C12H15NO4. The number of hydrogen-bond acceptors (Lipinski definition) is 3. The Kier molecular flexibility index (Phi) is 4.66. The Hall–Kier alpha value is -1.88. The maximum atomic E-state index is 11.2. The molecule has 3 N–H and O–H groups in total. The van der Waals surface area contributed by atoms with Gasteiger partial charge < -0.3 is 15.5 Å². The van der Waals surface area contributed by atoms with Crippen molar-refractivity contribution in [2.45, 2.75) is 25.5 Å². The number of hydrogen-bond donors (Lipinski definition) is 3. The molecule has 2 atom stereocenters. The zero-order valence-corrected chi connectivity index (χ0v) is 9.46. The number of nitrogens with one attached hydrogen (secondary N) is 1. The number of aliphatic hydroxyl groups excluding tert-OH is 1. The first-order valence-electron chi connectivity index (χ1n) is 5.31. The van der Waals surface area contributed by atoms with E-state index in [2.05, 4.69) is 5.32 Å². The first-order chi connectivity index (χ1) is 8.06. The standard InChI is InChI=1S/C12H15NO4/c1-2-9(14)13-10(12(16)17)11(15)8-6-4-3-5-7-8/h3-7,10-11,15H,2H2,1H3,(H,13,14)(H,16,17). The van der Waals surface area contributed by atoms with Crippen LogP contribution in [0.15, 0.2) is 30.3 Å². The number of benzene rings is 1. The summed E-state index contributed by atoms with van der Waals surface area (Å²) in [6.45, 7) is 1.61. The zero-order valence-electron chi connectivity index (χ0n) is 9.46. The number of rotatable bonds is 5. The maximum absolute atomic E-state index is 11.2. The Balaban J connectivity index is 2.84. The van der Waals surface area contributed by atoms with E-state index in [1.54, 1.807) is 37.3 Å². The van der Waals surface area contributed by atoms with Gasteiger partial charge in [-0.25, -0.2) is 4.79 Å². The quantitative estimate of drug-likeness (QED) is 0.703. The minimum Gasteiger partial charge on any atom is -0.480 e. The number of carboxylic acid groups (broad SMARTS) is 1. The van der Waals surface area contributed by atoms with Gasteiger partial charge in [-0.2, -0.15) is 0 Å². The van der Waals surface area contributed by atoms with Gasteiger partial charge >= 0.3 is 5.97 Å². The third kappa shape index (κ3) is 3.57. The van der Waals surface area contributed by atoms with Gasteiger partial charge in [-0.05, 0) is 5.56 Å². The van der Waals surface area contributed by atoms with E-state index in [-0.39, 0.29) is 6.42 Å². The Morgan fingerprint density at radius 2 is 1.88 bits per heavy atom. The Morgan fingerprint density at radius 1 is 1.29 bits per heavy atom. The van der Waals surface area contributed by atoms with Crippen LogP contribution in [0.2, 0.25) is 0 Å². The van der Waals surface area contributed by atoms with E-state index in [1.165, 1.54) is 0 Å². The fourth-order valence-electron chi connectivity index (χ4n) is 1.39. The van der Waals surface area contributed by atoms with Gasteiger partial charge in [-0.15, -0.1) is 0 Å². The van der Waals surface area contributed by atoms with Gasteiger partial charge in [0.2, 0.25) is 5.91 Å². The van der Waals surface area contributed by atoms with Crippen molar-refractivity contribution < 1.29 is 19.8 Å². The predicted molar refractivity (Wildman–Crippen MR) is 61.3 cm³/mol. The summed E-state index contributed by atoms with van der Waals surface area (Å²) in [5, 5.41) is 21.2. The van der Waals surface area contributed by atoms with E-state index in [1.807, 2.05) is 0 Å². The summed E-state index contributed by atoms with van der Waals surface area (Å²) in [6, 6.07) is 7.04. The number of carbonyl (C=O) groups is 2. The number of carbonyl (C=O) groups excluding carboxylic acids is 1. The fourth-order valence-corrected chi connectivity index (χ4v) is 1.39. The van der Waals surface area contributed by atoms with E-state index in [4.69, 9.17) is 5.11 Å². The van der Waals surface area contributed by atoms with Crippen molar-refractivity contribution in [1.82, 2.24) is 5.32 Å². The highest BCUT2D eigenvalue weighted by Gasteiger charge is 2.28. The molecule has 0 saturated carbocycles. The second-order valence-electron chi connectivity index (χ2n) is 3.59. The lowest BCUT2D eigenvalue weighted by molar-refractivity contribution is -0.145. The molecule has 0 aliphatic carbocycles. The molecule has 0 aromatic heterocycles. The van der Waals surface area contributed by atoms with Crippen LogP contribution in [-0.4, -0.2) is 28.1 Å². The first kappa shape index (κ1) is 13.2. The van der Waals surface area contributed by atoms with Gasteiger partial charge in [0, 0.05) is 6.42 Å². The Morgan fingerprint density at radius 3 is 2.35 bits per heavy atom. The molecular weight excluding hydrogens is 222 g/mol. The van der Waals surface area contributed by atoms with Gasteiger partial charge in [0.15, 0.2) is 6.04 Å². The van der Waals surface area contributed by atoms with Crippen LogP contribution in [0, 0.1) is 0 Å². The van der Waals surface area contributed by atoms with Crippen LogP contribution in [0.1, 0.15) is 25.0 Å². The molecule has 1 rings (SSSR count). The van der Waals surface area contributed by atoms with Gasteiger partial charge in [-0.3, -0.25) is 4.79 Å². The van der Waals surface area contributed by atoms with Crippen LogP contribution in [0.3, 0.4) is 0 Å². The van der Waals surface area contributed by atoms with Crippen molar-refractivity contribution in [3.63, 3.8) is 0 Å². The topological polar surface area (TPSA) is 86.6 Å². The van der Waals surface area contributed by atoms with Crippen molar-refractivity contribution in [3.8, 4) is 0 Å². The lowest BCUT2D eigenvalue weighted by Gasteiger charge is -2.20. The van der Waals surface area contributed by atoms with Crippen LogP contribution in [0.5, 0.6) is 0 Å². The van der Waals surface area contributed by atoms with E-state index in [0.29, 0.717) is 5.56 Å². The van der Waals surface area contributed by atoms with Crippen LogP contribution < -0.4 is 5.32 Å². The number of carboxylic acids is 1. The summed E-state index contributed by atoms with van der Waals surface area (Å²) in [7, 11) is 0. The molecule has 0 spiro atoms. The molecule has 1 aromatic rings. The lowest BCUT2D eigenvalue weighted by atomic mass is 10.0. The molecule has 17 heavy (non-hydrogen) atoms. The second kappa shape index (κ2) is 6.00. The Labute approximate surface area is 99.1 Å². The number of aliphatic carboxylic acids is 1. The van der Waals surface area contributed by atoms with E-state index in [0.717, 1.165) is 0 Å². The van der Waals surface area contributed by atoms with Crippen LogP contribution >= 0.6 is 0 Å². The largest absolute Gasteiger partial charge is 0.480 e. The van der Waals surface area contributed by atoms with E-state index >= 15 is 0 Å². The van der Waals surface area contributed by atoms with Crippen molar-refractivity contribution >= 4 is 11.9 Å². The summed E-state index contributed by atoms with van der Waals surface area (Å²) in [5.41, 5.74) is 0.455. The van der Waals surface area contributed by atoms with Crippen LogP contribution in [0.25, 0.3) is 0 Å². The smallest absolute Gasteiger partial charge is 0.329 e. The van der Waals surface area contributed by atoms with Gasteiger partial charge in [0.25, 0.3) is 0 Å². The molecule has 0 fully saturated rings. The molecule has 1 aromatic carbocycles. The minimum atomic E-state index is -1.33. The highest BCUT2D eigenvalue weighted by molar-refractivity contribution is 5.83. The average Bonchev–Trinajstić information content (AvgIpc) is 2.35.